The number of rotatable bonds is 5. The molecule has 0 aliphatic carbocycles. The van der Waals surface area contributed by atoms with Crippen LogP contribution in [0.25, 0.3) is 10.6 Å². The van der Waals surface area contributed by atoms with Crippen molar-refractivity contribution in [2.45, 2.75) is 20.8 Å². The molecule has 0 radical (unpaired) electrons. The Kier molecular flexibility index (Phi) is 5.62. The summed E-state index contributed by atoms with van der Waals surface area (Å²) in [6.07, 6.45) is 0. The third-order valence-corrected chi connectivity index (χ3v) is 6.33. The lowest BCUT2D eigenvalue weighted by Gasteiger charge is -2.38. The first-order valence-corrected chi connectivity index (χ1v) is 11.0. The molecule has 4 rings (SSSR count). The standard InChI is InChI=1S/C23H27N3O2S/c1-4-28-23(27)18-15-19(20-9-6-14-29-20)24-22(18)26-12-10-25(11-13-26)21-16(2)7-5-8-17(21)3/h5-9,14-15,24H,4,10-13H2,1-3H3. The molecular weight excluding hydrogens is 382 g/mol. The Labute approximate surface area is 175 Å². The number of para-hydroxylation sites is 1. The van der Waals surface area contributed by atoms with E-state index in [4.69, 9.17) is 4.74 Å². The van der Waals surface area contributed by atoms with Gasteiger partial charge in [0.15, 0.2) is 0 Å². The number of hydrogen-bond donors (Lipinski definition) is 1. The molecule has 0 amide bonds. The van der Waals surface area contributed by atoms with Gasteiger partial charge in [-0.05, 0) is 49.4 Å². The van der Waals surface area contributed by atoms with Gasteiger partial charge in [0.05, 0.1) is 17.2 Å². The van der Waals surface area contributed by atoms with E-state index in [-0.39, 0.29) is 5.97 Å². The van der Waals surface area contributed by atoms with Gasteiger partial charge in [0.25, 0.3) is 0 Å². The van der Waals surface area contributed by atoms with Crippen molar-refractivity contribution in [2.24, 2.45) is 0 Å². The van der Waals surface area contributed by atoms with Gasteiger partial charge in [0, 0.05) is 31.9 Å². The zero-order chi connectivity index (χ0) is 20.4. The van der Waals surface area contributed by atoms with Gasteiger partial charge in [-0.3, -0.25) is 0 Å². The number of nitrogens with one attached hydrogen (secondary N) is 1. The molecule has 6 heteroatoms. The number of aromatic amines is 1. The number of ether oxygens (including phenoxy) is 1. The number of H-pyrrole nitrogens is 1. The summed E-state index contributed by atoms with van der Waals surface area (Å²) < 4.78 is 5.32. The molecule has 0 saturated carbocycles. The first-order valence-electron chi connectivity index (χ1n) is 10.1. The maximum atomic E-state index is 12.6. The predicted octanol–water partition coefficient (Wildman–Crippen LogP) is 4.86. The van der Waals surface area contributed by atoms with Crippen LogP contribution in [0.3, 0.4) is 0 Å². The van der Waals surface area contributed by atoms with Gasteiger partial charge in [0.2, 0.25) is 0 Å². The molecule has 1 saturated heterocycles. The molecule has 0 spiro atoms. The van der Waals surface area contributed by atoms with Crippen LogP contribution in [0.15, 0.2) is 41.8 Å². The van der Waals surface area contributed by atoms with E-state index in [1.165, 1.54) is 16.8 Å². The average molecular weight is 410 g/mol. The molecule has 5 nitrogen and oxygen atoms in total. The van der Waals surface area contributed by atoms with Crippen molar-refractivity contribution in [2.75, 3.05) is 42.6 Å². The molecule has 1 N–H and O–H groups in total. The van der Waals surface area contributed by atoms with Crippen molar-refractivity contribution in [3.8, 4) is 10.6 Å². The van der Waals surface area contributed by atoms with Crippen LogP contribution in [0.2, 0.25) is 0 Å². The molecule has 29 heavy (non-hydrogen) atoms. The largest absolute Gasteiger partial charge is 0.462 e. The Morgan fingerprint density at radius 3 is 2.38 bits per heavy atom. The highest BCUT2D eigenvalue weighted by Crippen LogP contribution is 2.32. The third kappa shape index (κ3) is 3.90. The van der Waals surface area contributed by atoms with Crippen molar-refractivity contribution in [3.05, 3.63) is 58.5 Å². The smallest absolute Gasteiger partial charge is 0.341 e. The number of nitrogens with zero attached hydrogens (tertiary/aromatic N) is 2. The lowest BCUT2D eigenvalue weighted by molar-refractivity contribution is 0.0527. The van der Waals surface area contributed by atoms with Crippen molar-refractivity contribution in [1.29, 1.82) is 0 Å². The quantitative estimate of drug-likeness (QED) is 0.611. The zero-order valence-electron chi connectivity index (χ0n) is 17.2. The second-order valence-electron chi connectivity index (χ2n) is 7.36. The Morgan fingerprint density at radius 1 is 1.07 bits per heavy atom. The van der Waals surface area contributed by atoms with Gasteiger partial charge in [-0.1, -0.05) is 24.3 Å². The van der Waals surface area contributed by atoms with E-state index >= 15 is 0 Å². The summed E-state index contributed by atoms with van der Waals surface area (Å²) in [6, 6.07) is 12.5. The minimum atomic E-state index is -0.265. The second kappa shape index (κ2) is 8.33. The maximum Gasteiger partial charge on any atom is 0.341 e. The number of esters is 1. The highest BCUT2D eigenvalue weighted by atomic mass is 32.1. The summed E-state index contributed by atoms with van der Waals surface area (Å²) in [7, 11) is 0. The van der Waals surface area contributed by atoms with E-state index in [2.05, 4.69) is 52.9 Å². The van der Waals surface area contributed by atoms with Crippen LogP contribution in [0.5, 0.6) is 0 Å². The second-order valence-corrected chi connectivity index (χ2v) is 8.31. The predicted molar refractivity (Wildman–Crippen MR) is 120 cm³/mol. The molecule has 0 bridgehead atoms. The fourth-order valence-corrected chi connectivity index (χ4v) is 4.78. The van der Waals surface area contributed by atoms with Crippen molar-refractivity contribution in [3.63, 3.8) is 0 Å². The monoisotopic (exact) mass is 409 g/mol. The molecule has 1 aliphatic heterocycles. The SMILES string of the molecule is CCOC(=O)c1cc(-c2cccs2)[nH]c1N1CCN(c2c(C)cccc2C)CC1. The Hall–Kier alpha value is -2.73. The van der Waals surface area contributed by atoms with E-state index in [1.807, 2.05) is 24.4 Å². The average Bonchev–Trinajstić information content (AvgIpc) is 3.38. The Balaban J connectivity index is 1.58. The van der Waals surface area contributed by atoms with Gasteiger partial charge in [-0.2, -0.15) is 0 Å². The lowest BCUT2D eigenvalue weighted by Crippen LogP contribution is -2.47. The van der Waals surface area contributed by atoms with E-state index in [1.54, 1.807) is 11.3 Å². The van der Waals surface area contributed by atoms with Gasteiger partial charge >= 0.3 is 5.97 Å². The van der Waals surface area contributed by atoms with E-state index in [0.29, 0.717) is 12.2 Å². The molecule has 0 atom stereocenters. The summed E-state index contributed by atoms with van der Waals surface area (Å²) in [5.41, 5.74) is 5.55. The number of aryl methyl sites for hydroxylation is 2. The lowest BCUT2D eigenvalue weighted by atomic mass is 10.1. The molecule has 1 aliphatic rings. The molecular formula is C23H27N3O2S. The van der Waals surface area contributed by atoms with Crippen LogP contribution in [-0.4, -0.2) is 43.7 Å². The summed E-state index contributed by atoms with van der Waals surface area (Å²) in [5.74, 6) is 0.603. The summed E-state index contributed by atoms with van der Waals surface area (Å²) >= 11 is 1.66. The molecule has 3 aromatic rings. The number of hydrogen-bond acceptors (Lipinski definition) is 5. The number of carbonyl (C=O) groups is 1. The van der Waals surface area contributed by atoms with E-state index in [0.717, 1.165) is 42.6 Å². The topological polar surface area (TPSA) is 48.6 Å². The third-order valence-electron chi connectivity index (χ3n) is 5.43. The Bertz CT molecular complexity index is 965. The first kappa shape index (κ1) is 19.6. The molecule has 1 fully saturated rings. The van der Waals surface area contributed by atoms with Gasteiger partial charge in [-0.15, -0.1) is 11.3 Å². The number of thiophene rings is 1. The minimum absolute atomic E-state index is 0.265. The number of aromatic nitrogens is 1. The molecule has 1 aromatic carbocycles. The fraction of sp³-hybridized carbons (Fsp3) is 0.348. The normalized spacial score (nSPS) is 14.3. The van der Waals surface area contributed by atoms with E-state index in [9.17, 15) is 4.79 Å². The van der Waals surface area contributed by atoms with Crippen LogP contribution < -0.4 is 9.80 Å². The number of piperazine rings is 1. The van der Waals surface area contributed by atoms with Crippen LogP contribution in [-0.2, 0) is 4.74 Å². The fourth-order valence-electron chi connectivity index (χ4n) is 4.08. The van der Waals surface area contributed by atoms with Crippen LogP contribution in [0, 0.1) is 13.8 Å². The van der Waals surface area contributed by atoms with Crippen LogP contribution >= 0.6 is 11.3 Å². The number of carbonyl (C=O) groups excluding carboxylic acids is 1. The van der Waals surface area contributed by atoms with Crippen LogP contribution in [0.4, 0.5) is 11.5 Å². The zero-order valence-corrected chi connectivity index (χ0v) is 18.0. The Morgan fingerprint density at radius 2 is 1.76 bits per heavy atom. The molecule has 152 valence electrons. The number of anilines is 2. The number of benzene rings is 1. The summed E-state index contributed by atoms with van der Waals surface area (Å²) in [4.78, 5) is 21.9. The van der Waals surface area contributed by atoms with Gasteiger partial charge in [-0.25, -0.2) is 4.79 Å². The van der Waals surface area contributed by atoms with Gasteiger partial charge in [0.1, 0.15) is 11.4 Å². The highest BCUT2D eigenvalue weighted by molar-refractivity contribution is 7.13. The summed E-state index contributed by atoms with van der Waals surface area (Å²) in [6.45, 7) is 10.1. The van der Waals surface area contributed by atoms with Crippen molar-refractivity contribution >= 4 is 28.8 Å². The maximum absolute atomic E-state index is 12.6. The first-order chi connectivity index (χ1) is 14.1. The van der Waals surface area contributed by atoms with Gasteiger partial charge < -0.3 is 19.5 Å². The van der Waals surface area contributed by atoms with Crippen LogP contribution in [0.1, 0.15) is 28.4 Å². The molecule has 0 unspecified atom stereocenters. The highest BCUT2D eigenvalue weighted by Gasteiger charge is 2.26. The van der Waals surface area contributed by atoms with Crippen molar-refractivity contribution < 1.29 is 9.53 Å². The van der Waals surface area contributed by atoms with E-state index < -0.39 is 0 Å². The minimum Gasteiger partial charge on any atom is -0.462 e. The molecule has 3 heterocycles. The summed E-state index contributed by atoms with van der Waals surface area (Å²) in [5, 5.41) is 2.04. The molecule has 2 aromatic heterocycles. The van der Waals surface area contributed by atoms with Crippen molar-refractivity contribution in [1.82, 2.24) is 4.98 Å².